The molecule has 146 valence electrons. The maximum atomic E-state index is 13.1. The number of carbonyl (C=O) groups excluding carboxylic acids is 2. The molecule has 0 unspecified atom stereocenters. The summed E-state index contributed by atoms with van der Waals surface area (Å²) in [5, 5.41) is 0. The van der Waals surface area contributed by atoms with Crippen LogP contribution in [0.2, 0.25) is 0 Å². The normalized spacial score (nSPS) is 15.7. The van der Waals surface area contributed by atoms with E-state index in [4.69, 9.17) is 14.2 Å². The van der Waals surface area contributed by atoms with Crippen LogP contribution >= 0.6 is 0 Å². The van der Waals surface area contributed by atoms with Crippen LogP contribution in [0.5, 0.6) is 11.5 Å². The van der Waals surface area contributed by atoms with Crippen molar-refractivity contribution in [1.29, 1.82) is 0 Å². The molecule has 1 aliphatic rings. The Morgan fingerprint density at radius 2 is 1.93 bits per heavy atom. The van der Waals surface area contributed by atoms with Crippen LogP contribution in [0.3, 0.4) is 0 Å². The molecule has 0 fully saturated rings. The fourth-order valence-corrected chi connectivity index (χ4v) is 3.02. The molecule has 6 heteroatoms. The second-order valence-corrected chi connectivity index (χ2v) is 6.66. The van der Waals surface area contributed by atoms with Crippen molar-refractivity contribution in [2.24, 2.45) is 5.92 Å². The topological polar surface area (TPSA) is 65.1 Å². The number of benzene rings is 1. The molecule has 0 saturated carbocycles. The van der Waals surface area contributed by atoms with Gasteiger partial charge in [0.2, 0.25) is 0 Å². The summed E-state index contributed by atoms with van der Waals surface area (Å²) in [5.41, 5.74) is 1.87. The zero-order chi connectivity index (χ0) is 20.1. The molecule has 1 amide bonds. The molecular weight excluding hydrogens is 346 g/mol. The van der Waals surface area contributed by atoms with Crippen molar-refractivity contribution in [1.82, 2.24) is 4.90 Å². The number of esters is 1. The van der Waals surface area contributed by atoms with Crippen molar-refractivity contribution in [3.63, 3.8) is 0 Å². The van der Waals surface area contributed by atoms with Gasteiger partial charge in [-0.25, -0.2) is 4.79 Å². The summed E-state index contributed by atoms with van der Waals surface area (Å²) in [7, 11) is 3.12. The largest absolute Gasteiger partial charge is 0.497 e. The van der Waals surface area contributed by atoms with Crippen LogP contribution in [0.1, 0.15) is 33.3 Å². The average Bonchev–Trinajstić information content (AvgIpc) is 2.86. The van der Waals surface area contributed by atoms with Gasteiger partial charge in [0.1, 0.15) is 11.5 Å². The molecule has 0 radical (unpaired) electrons. The van der Waals surface area contributed by atoms with Gasteiger partial charge in [0.05, 0.1) is 32.0 Å². The highest BCUT2D eigenvalue weighted by Crippen LogP contribution is 2.34. The van der Waals surface area contributed by atoms with Crippen LogP contribution in [0.25, 0.3) is 6.08 Å². The minimum Gasteiger partial charge on any atom is -0.497 e. The van der Waals surface area contributed by atoms with Gasteiger partial charge in [0, 0.05) is 17.8 Å². The van der Waals surface area contributed by atoms with Crippen molar-refractivity contribution in [2.75, 3.05) is 27.4 Å². The number of allylic oxidation sites excluding steroid dienone is 1. The molecule has 0 aliphatic carbocycles. The lowest BCUT2D eigenvalue weighted by Gasteiger charge is -2.20. The zero-order valence-electron chi connectivity index (χ0n) is 16.8. The Kier molecular flexibility index (Phi) is 6.66. The van der Waals surface area contributed by atoms with Crippen LogP contribution in [0.4, 0.5) is 0 Å². The lowest BCUT2D eigenvalue weighted by Crippen LogP contribution is -2.28. The Labute approximate surface area is 160 Å². The van der Waals surface area contributed by atoms with Gasteiger partial charge >= 0.3 is 5.97 Å². The molecule has 0 spiro atoms. The maximum absolute atomic E-state index is 13.1. The third kappa shape index (κ3) is 4.32. The van der Waals surface area contributed by atoms with E-state index in [1.54, 1.807) is 57.2 Å². The minimum absolute atomic E-state index is 0.214. The van der Waals surface area contributed by atoms with Crippen molar-refractivity contribution < 1.29 is 23.8 Å². The Bertz CT molecular complexity index is 792. The molecule has 0 bridgehead atoms. The molecular formula is C21H27NO5. The Balaban J connectivity index is 2.60. The van der Waals surface area contributed by atoms with E-state index in [2.05, 4.69) is 0 Å². The Morgan fingerprint density at radius 3 is 2.48 bits per heavy atom. The predicted molar refractivity (Wildman–Crippen MR) is 103 cm³/mol. The van der Waals surface area contributed by atoms with Gasteiger partial charge in [0.25, 0.3) is 5.91 Å². The van der Waals surface area contributed by atoms with E-state index in [1.165, 1.54) is 0 Å². The summed E-state index contributed by atoms with van der Waals surface area (Å²) in [6, 6.07) is 5.30. The van der Waals surface area contributed by atoms with Crippen molar-refractivity contribution in [3.8, 4) is 11.5 Å². The third-order valence-corrected chi connectivity index (χ3v) is 4.28. The van der Waals surface area contributed by atoms with Crippen LogP contribution < -0.4 is 9.47 Å². The standard InChI is InChI=1S/C21H27NO5/c1-7-27-21(24)19-14(4)22(12-13(2)3)20(23)17(19)11-15-10-16(25-5)8-9-18(15)26-6/h8-11,13H,7,12H2,1-6H3/b17-11-. The van der Waals surface area contributed by atoms with E-state index >= 15 is 0 Å². The number of ether oxygens (including phenoxy) is 3. The first-order valence-corrected chi connectivity index (χ1v) is 8.97. The van der Waals surface area contributed by atoms with Gasteiger partial charge in [-0.2, -0.15) is 0 Å². The summed E-state index contributed by atoms with van der Waals surface area (Å²) < 4.78 is 15.9. The molecule has 6 nitrogen and oxygen atoms in total. The average molecular weight is 373 g/mol. The highest BCUT2D eigenvalue weighted by atomic mass is 16.5. The van der Waals surface area contributed by atoms with Crippen LogP contribution in [0, 0.1) is 5.92 Å². The van der Waals surface area contributed by atoms with E-state index in [0.29, 0.717) is 40.5 Å². The molecule has 1 aromatic carbocycles. The molecule has 1 aromatic rings. The first-order chi connectivity index (χ1) is 12.8. The van der Waals surface area contributed by atoms with Gasteiger partial charge in [-0.05, 0) is 44.0 Å². The number of rotatable bonds is 7. The molecule has 27 heavy (non-hydrogen) atoms. The van der Waals surface area contributed by atoms with Gasteiger partial charge in [0.15, 0.2) is 0 Å². The van der Waals surface area contributed by atoms with Crippen molar-refractivity contribution in [3.05, 3.63) is 40.6 Å². The monoisotopic (exact) mass is 373 g/mol. The quantitative estimate of drug-likeness (QED) is 0.541. The second kappa shape index (κ2) is 8.75. The van der Waals surface area contributed by atoms with E-state index in [1.807, 2.05) is 13.8 Å². The van der Waals surface area contributed by atoms with E-state index in [9.17, 15) is 9.59 Å². The molecule has 0 aromatic heterocycles. The first-order valence-electron chi connectivity index (χ1n) is 8.97. The van der Waals surface area contributed by atoms with Crippen molar-refractivity contribution in [2.45, 2.75) is 27.7 Å². The summed E-state index contributed by atoms with van der Waals surface area (Å²) in [6.07, 6.45) is 1.67. The van der Waals surface area contributed by atoms with Crippen molar-refractivity contribution >= 4 is 18.0 Å². The lowest BCUT2D eigenvalue weighted by atomic mass is 10.0. The number of methoxy groups -OCH3 is 2. The van der Waals surface area contributed by atoms with E-state index < -0.39 is 5.97 Å². The van der Waals surface area contributed by atoms with E-state index in [-0.39, 0.29) is 18.4 Å². The fraction of sp³-hybridized carbons (Fsp3) is 0.429. The van der Waals surface area contributed by atoms with E-state index in [0.717, 1.165) is 0 Å². The summed E-state index contributed by atoms with van der Waals surface area (Å²) >= 11 is 0. The molecule has 0 atom stereocenters. The smallest absolute Gasteiger partial charge is 0.340 e. The molecule has 0 saturated heterocycles. The molecule has 0 N–H and O–H groups in total. The number of carbonyl (C=O) groups is 2. The zero-order valence-corrected chi connectivity index (χ0v) is 16.8. The SMILES string of the molecule is CCOC(=O)C1=C(C)N(CC(C)C)C(=O)/C1=C\c1cc(OC)ccc1OC. The highest BCUT2D eigenvalue weighted by molar-refractivity contribution is 6.16. The van der Waals surface area contributed by atoms with Gasteiger partial charge in [-0.15, -0.1) is 0 Å². The van der Waals surface area contributed by atoms with Crippen LogP contribution in [-0.2, 0) is 14.3 Å². The number of nitrogens with zero attached hydrogens (tertiary/aromatic N) is 1. The first kappa shape index (κ1) is 20.6. The summed E-state index contributed by atoms with van der Waals surface area (Å²) in [4.78, 5) is 27.3. The van der Waals surface area contributed by atoms with Gasteiger partial charge < -0.3 is 19.1 Å². The predicted octanol–water partition coefficient (Wildman–Crippen LogP) is 3.42. The maximum Gasteiger partial charge on any atom is 0.340 e. The molecule has 1 aliphatic heterocycles. The number of hydrogen-bond acceptors (Lipinski definition) is 5. The number of amides is 1. The van der Waals surface area contributed by atoms with Gasteiger partial charge in [-0.3, -0.25) is 4.79 Å². The highest BCUT2D eigenvalue weighted by Gasteiger charge is 2.37. The summed E-state index contributed by atoms with van der Waals surface area (Å²) in [6.45, 7) is 8.33. The van der Waals surface area contributed by atoms with Gasteiger partial charge in [-0.1, -0.05) is 13.8 Å². The number of hydrogen-bond donors (Lipinski definition) is 0. The Morgan fingerprint density at radius 1 is 1.22 bits per heavy atom. The third-order valence-electron chi connectivity index (χ3n) is 4.28. The lowest BCUT2D eigenvalue weighted by molar-refractivity contribution is -0.138. The minimum atomic E-state index is -0.497. The summed E-state index contributed by atoms with van der Waals surface area (Å²) in [5.74, 6) is 0.764. The van der Waals surface area contributed by atoms with Crippen LogP contribution in [0.15, 0.2) is 35.0 Å². The fourth-order valence-electron chi connectivity index (χ4n) is 3.02. The molecule has 2 rings (SSSR count). The Hall–Kier alpha value is -2.76. The van der Waals surface area contributed by atoms with Crippen LogP contribution in [-0.4, -0.2) is 44.1 Å². The molecule has 1 heterocycles. The second-order valence-electron chi connectivity index (χ2n) is 6.66.